The second-order valence-corrected chi connectivity index (χ2v) is 7.40. The van der Waals surface area contributed by atoms with Crippen molar-refractivity contribution in [1.29, 1.82) is 0 Å². The van der Waals surface area contributed by atoms with Crippen molar-refractivity contribution >= 4 is 42.4 Å². The topological polar surface area (TPSA) is 85.1 Å². The highest BCUT2D eigenvalue weighted by Gasteiger charge is 2.15. The Morgan fingerprint density at radius 2 is 1.86 bits per heavy atom. The molecule has 0 aliphatic heterocycles. The van der Waals surface area contributed by atoms with Crippen LogP contribution in [0.4, 0.5) is 10.8 Å². The molecule has 3 N–H and O–H groups in total. The summed E-state index contributed by atoms with van der Waals surface area (Å²) in [6.45, 7) is 1.94. The molecule has 0 radical (unpaired) electrons. The molecular formula is C14H13N3O2S2. The van der Waals surface area contributed by atoms with Gasteiger partial charge in [-0.3, -0.25) is 4.72 Å². The van der Waals surface area contributed by atoms with Gasteiger partial charge in [0.2, 0.25) is 0 Å². The first-order valence-electron chi connectivity index (χ1n) is 6.20. The maximum atomic E-state index is 12.4. The summed E-state index contributed by atoms with van der Waals surface area (Å²) in [5.41, 5.74) is 7.93. The Bertz CT molecular complexity index is 900. The lowest BCUT2D eigenvalue weighted by Gasteiger charge is -2.08. The predicted molar refractivity (Wildman–Crippen MR) is 86.0 cm³/mol. The summed E-state index contributed by atoms with van der Waals surface area (Å²) in [5.74, 6) is 0. The third-order valence-corrected chi connectivity index (χ3v) is 5.22. The number of anilines is 2. The molecule has 1 heterocycles. The number of hydrogen-bond acceptors (Lipinski definition) is 5. The number of nitrogens with one attached hydrogen (secondary N) is 1. The Morgan fingerprint density at radius 1 is 1.14 bits per heavy atom. The van der Waals surface area contributed by atoms with E-state index in [1.54, 1.807) is 24.3 Å². The lowest BCUT2D eigenvalue weighted by atomic mass is 10.2. The molecule has 0 saturated heterocycles. The zero-order valence-electron chi connectivity index (χ0n) is 11.2. The highest BCUT2D eigenvalue weighted by atomic mass is 32.2. The van der Waals surface area contributed by atoms with E-state index in [1.165, 1.54) is 17.4 Å². The number of hydrogen-bond donors (Lipinski definition) is 2. The van der Waals surface area contributed by atoms with Crippen molar-refractivity contribution < 1.29 is 8.42 Å². The molecule has 3 rings (SSSR count). The van der Waals surface area contributed by atoms with Gasteiger partial charge in [-0.1, -0.05) is 29.0 Å². The van der Waals surface area contributed by atoms with Gasteiger partial charge in [0.05, 0.1) is 15.1 Å². The summed E-state index contributed by atoms with van der Waals surface area (Å²) in [4.78, 5) is 4.30. The predicted octanol–water partition coefficient (Wildman–Crippen LogP) is 2.99. The molecule has 3 aromatic rings. The first-order valence-corrected chi connectivity index (χ1v) is 8.49. The molecule has 0 saturated carbocycles. The maximum absolute atomic E-state index is 12.4. The van der Waals surface area contributed by atoms with Crippen LogP contribution in [-0.2, 0) is 10.0 Å². The molecule has 0 aliphatic carbocycles. The Morgan fingerprint density at radius 3 is 2.57 bits per heavy atom. The van der Waals surface area contributed by atoms with Gasteiger partial charge >= 0.3 is 0 Å². The fourth-order valence-corrected chi connectivity index (χ4v) is 3.86. The van der Waals surface area contributed by atoms with Crippen molar-refractivity contribution in [2.75, 3.05) is 10.5 Å². The van der Waals surface area contributed by atoms with E-state index in [1.807, 2.05) is 19.1 Å². The van der Waals surface area contributed by atoms with Crippen LogP contribution in [0.5, 0.6) is 0 Å². The number of aryl methyl sites for hydroxylation is 1. The summed E-state index contributed by atoms with van der Waals surface area (Å²) in [6, 6.07) is 11.9. The van der Waals surface area contributed by atoms with Crippen LogP contribution in [-0.4, -0.2) is 13.4 Å². The molecule has 7 heteroatoms. The van der Waals surface area contributed by atoms with E-state index in [0.29, 0.717) is 16.3 Å². The fraction of sp³-hybridized carbons (Fsp3) is 0.0714. The first-order chi connectivity index (χ1) is 9.94. The van der Waals surface area contributed by atoms with Crippen LogP contribution >= 0.6 is 11.3 Å². The molecular weight excluding hydrogens is 306 g/mol. The van der Waals surface area contributed by atoms with Crippen LogP contribution in [0.15, 0.2) is 47.4 Å². The van der Waals surface area contributed by atoms with Crippen molar-refractivity contribution in [3.05, 3.63) is 48.0 Å². The average molecular weight is 319 g/mol. The Hall–Kier alpha value is -2.12. The zero-order valence-corrected chi connectivity index (χ0v) is 12.8. The molecule has 0 fully saturated rings. The number of benzene rings is 2. The maximum Gasteiger partial charge on any atom is 0.261 e. The van der Waals surface area contributed by atoms with E-state index in [9.17, 15) is 8.42 Å². The Kier molecular flexibility index (Phi) is 3.30. The molecule has 1 aromatic heterocycles. The second kappa shape index (κ2) is 5.01. The van der Waals surface area contributed by atoms with E-state index in [2.05, 4.69) is 9.71 Å². The third-order valence-electron chi connectivity index (χ3n) is 2.99. The van der Waals surface area contributed by atoms with E-state index >= 15 is 0 Å². The molecule has 0 bridgehead atoms. The van der Waals surface area contributed by atoms with Crippen molar-refractivity contribution in [2.45, 2.75) is 11.8 Å². The van der Waals surface area contributed by atoms with Gasteiger partial charge in [0.25, 0.3) is 10.0 Å². The molecule has 0 spiro atoms. The van der Waals surface area contributed by atoms with Crippen LogP contribution in [0.1, 0.15) is 5.56 Å². The summed E-state index contributed by atoms with van der Waals surface area (Å²) in [7, 11) is -3.62. The van der Waals surface area contributed by atoms with Gasteiger partial charge < -0.3 is 5.73 Å². The summed E-state index contributed by atoms with van der Waals surface area (Å²) >= 11 is 1.27. The number of thiazole rings is 1. The number of sulfonamides is 1. The van der Waals surface area contributed by atoms with E-state index in [4.69, 9.17) is 5.73 Å². The van der Waals surface area contributed by atoms with Crippen LogP contribution < -0.4 is 10.5 Å². The molecule has 0 unspecified atom stereocenters. The van der Waals surface area contributed by atoms with Crippen molar-refractivity contribution in [3.8, 4) is 0 Å². The highest BCUT2D eigenvalue weighted by molar-refractivity contribution is 7.92. The van der Waals surface area contributed by atoms with Crippen LogP contribution in [0.3, 0.4) is 0 Å². The normalized spacial score (nSPS) is 11.7. The minimum atomic E-state index is -3.62. The second-order valence-electron chi connectivity index (χ2n) is 4.65. The average Bonchev–Trinajstić information content (AvgIpc) is 2.80. The fourth-order valence-electron chi connectivity index (χ4n) is 1.93. The van der Waals surface area contributed by atoms with Crippen molar-refractivity contribution in [1.82, 2.24) is 4.98 Å². The first kappa shape index (κ1) is 13.8. The number of nitrogen functional groups attached to an aromatic ring is 1. The van der Waals surface area contributed by atoms with Gasteiger partial charge in [0, 0.05) is 5.69 Å². The van der Waals surface area contributed by atoms with Crippen molar-refractivity contribution in [2.24, 2.45) is 0 Å². The zero-order chi connectivity index (χ0) is 15.0. The van der Waals surface area contributed by atoms with Gasteiger partial charge in [0.1, 0.15) is 0 Å². The van der Waals surface area contributed by atoms with Gasteiger partial charge in [-0.2, -0.15) is 0 Å². The largest absolute Gasteiger partial charge is 0.375 e. The highest BCUT2D eigenvalue weighted by Crippen LogP contribution is 2.27. The minimum absolute atomic E-state index is 0.194. The van der Waals surface area contributed by atoms with E-state index in [0.717, 1.165) is 10.3 Å². The summed E-state index contributed by atoms with van der Waals surface area (Å²) < 4.78 is 28.1. The van der Waals surface area contributed by atoms with Gasteiger partial charge in [-0.25, -0.2) is 13.4 Å². The van der Waals surface area contributed by atoms with E-state index < -0.39 is 10.0 Å². The number of fused-ring (bicyclic) bond motifs is 1. The number of aromatic nitrogens is 1. The Labute approximate surface area is 126 Å². The molecule has 5 nitrogen and oxygen atoms in total. The van der Waals surface area contributed by atoms with Gasteiger partial charge in [0.15, 0.2) is 5.13 Å². The lowest BCUT2D eigenvalue weighted by molar-refractivity contribution is 0.601. The lowest BCUT2D eigenvalue weighted by Crippen LogP contribution is -2.12. The summed E-state index contributed by atoms with van der Waals surface area (Å²) in [6.07, 6.45) is 0. The van der Waals surface area contributed by atoms with Crippen LogP contribution in [0.2, 0.25) is 0 Å². The monoisotopic (exact) mass is 319 g/mol. The number of nitrogens with zero attached hydrogens (tertiary/aromatic N) is 1. The van der Waals surface area contributed by atoms with Gasteiger partial charge in [-0.05, 0) is 37.3 Å². The summed E-state index contributed by atoms with van der Waals surface area (Å²) in [5, 5.41) is 0.422. The smallest absolute Gasteiger partial charge is 0.261 e. The third kappa shape index (κ3) is 2.84. The SMILES string of the molecule is Cc1ccc(NS(=O)(=O)c2ccc3nc(N)sc3c2)cc1. The molecule has 0 atom stereocenters. The van der Waals surface area contributed by atoms with Crippen LogP contribution in [0.25, 0.3) is 10.2 Å². The Balaban J connectivity index is 1.97. The van der Waals surface area contributed by atoms with E-state index in [-0.39, 0.29) is 4.90 Å². The number of rotatable bonds is 3. The quantitative estimate of drug-likeness (QED) is 0.777. The van der Waals surface area contributed by atoms with Gasteiger partial charge in [-0.15, -0.1) is 0 Å². The minimum Gasteiger partial charge on any atom is -0.375 e. The van der Waals surface area contributed by atoms with Crippen molar-refractivity contribution in [3.63, 3.8) is 0 Å². The molecule has 2 aromatic carbocycles. The molecule has 0 aliphatic rings. The molecule has 108 valence electrons. The molecule has 0 amide bonds. The molecule has 21 heavy (non-hydrogen) atoms. The standard InChI is InChI=1S/C14H13N3O2S2/c1-9-2-4-10(5-3-9)17-21(18,19)11-6-7-12-13(8-11)20-14(15)16-12/h2-8,17H,1H3,(H2,15,16). The number of nitrogens with two attached hydrogens (primary N) is 1. The van der Waals surface area contributed by atoms with Crippen LogP contribution in [0, 0.1) is 6.92 Å².